The molecule has 1 unspecified atom stereocenters. The summed E-state index contributed by atoms with van der Waals surface area (Å²) in [6.07, 6.45) is 2.50. The number of rotatable bonds is 1. The van der Waals surface area contributed by atoms with Crippen LogP contribution in [0.4, 0.5) is 0 Å². The Morgan fingerprint density at radius 2 is 2.16 bits per heavy atom. The van der Waals surface area contributed by atoms with Crippen molar-refractivity contribution in [3.63, 3.8) is 0 Å². The number of pyridine rings is 1. The first kappa shape index (κ1) is 12.0. The van der Waals surface area contributed by atoms with E-state index in [4.69, 9.17) is 9.47 Å². The van der Waals surface area contributed by atoms with Gasteiger partial charge in [-0.05, 0) is 18.6 Å². The summed E-state index contributed by atoms with van der Waals surface area (Å²) < 4.78 is 10.9. The Morgan fingerprint density at radius 1 is 1.37 bits per heavy atom. The average molecular weight is 259 g/mol. The predicted molar refractivity (Wildman–Crippen MR) is 65.7 cm³/mol. The van der Waals surface area contributed by atoms with E-state index >= 15 is 0 Å². The molecule has 1 aliphatic heterocycles. The molecular formula is C14H13NO4. The summed E-state index contributed by atoms with van der Waals surface area (Å²) >= 11 is 0. The second-order valence-corrected chi connectivity index (χ2v) is 4.81. The lowest BCUT2D eigenvalue weighted by atomic mass is 9.86. The lowest BCUT2D eigenvalue weighted by Crippen LogP contribution is -2.39. The van der Waals surface area contributed by atoms with E-state index in [-0.39, 0.29) is 23.0 Å². The number of nitrogens with zero attached hydrogens (tertiary/aromatic N) is 1. The van der Waals surface area contributed by atoms with E-state index in [2.05, 4.69) is 4.98 Å². The van der Waals surface area contributed by atoms with Gasteiger partial charge in [0.15, 0.2) is 11.5 Å². The maximum Gasteiger partial charge on any atom is 0.247 e. The van der Waals surface area contributed by atoms with Crippen LogP contribution in [0.25, 0.3) is 0 Å². The highest BCUT2D eigenvalue weighted by Crippen LogP contribution is 2.38. The van der Waals surface area contributed by atoms with Crippen molar-refractivity contribution in [3.05, 3.63) is 40.9 Å². The molecule has 0 saturated heterocycles. The summed E-state index contributed by atoms with van der Waals surface area (Å²) in [4.78, 5) is 28.7. The smallest absolute Gasteiger partial charge is 0.247 e. The van der Waals surface area contributed by atoms with E-state index in [1.165, 1.54) is 13.3 Å². The largest absolute Gasteiger partial charge is 0.458 e. The van der Waals surface area contributed by atoms with Gasteiger partial charge in [0.25, 0.3) is 0 Å². The molecule has 2 aliphatic rings. The molecule has 1 atom stereocenters. The van der Waals surface area contributed by atoms with Crippen LogP contribution in [0, 0.1) is 0 Å². The highest BCUT2D eigenvalue weighted by Gasteiger charge is 2.42. The fourth-order valence-electron chi connectivity index (χ4n) is 2.38. The molecule has 1 aliphatic carbocycles. The van der Waals surface area contributed by atoms with Crippen LogP contribution in [0.1, 0.15) is 40.6 Å². The third-order valence-electron chi connectivity index (χ3n) is 3.60. The van der Waals surface area contributed by atoms with Crippen LogP contribution >= 0.6 is 0 Å². The normalized spacial score (nSPS) is 25.8. The van der Waals surface area contributed by atoms with Gasteiger partial charge < -0.3 is 9.47 Å². The van der Waals surface area contributed by atoms with Crippen LogP contribution in [-0.2, 0) is 9.47 Å². The van der Waals surface area contributed by atoms with E-state index in [0.29, 0.717) is 24.0 Å². The number of ketones is 2. The molecule has 1 aromatic heterocycles. The first-order chi connectivity index (χ1) is 9.06. The van der Waals surface area contributed by atoms with Crippen LogP contribution < -0.4 is 0 Å². The molecule has 0 N–H and O–H groups in total. The summed E-state index contributed by atoms with van der Waals surface area (Å²) in [6, 6.07) is 3.27. The number of hydrogen-bond donors (Lipinski definition) is 0. The summed E-state index contributed by atoms with van der Waals surface area (Å²) in [5.74, 6) is -1.28. The van der Waals surface area contributed by atoms with Crippen molar-refractivity contribution in [3.8, 4) is 0 Å². The molecule has 2 heterocycles. The van der Waals surface area contributed by atoms with Crippen LogP contribution in [0.15, 0.2) is 29.7 Å². The molecule has 0 aromatic carbocycles. The Bertz CT molecular complexity index is 620. The second kappa shape index (κ2) is 3.99. The number of aromatic nitrogens is 1. The Kier molecular flexibility index (Phi) is 2.53. The first-order valence-electron chi connectivity index (χ1n) is 6.07. The summed E-state index contributed by atoms with van der Waals surface area (Å²) in [5, 5.41) is 0. The molecule has 3 rings (SSSR count). The van der Waals surface area contributed by atoms with Gasteiger partial charge in [-0.25, -0.2) is 0 Å². The SMILES string of the molecule is COC1(C)CCC2=C(O1)C(=O)c1ncccc1C2=O. The van der Waals surface area contributed by atoms with Gasteiger partial charge in [0.05, 0.1) is 5.56 Å². The van der Waals surface area contributed by atoms with Gasteiger partial charge in [0.2, 0.25) is 11.6 Å². The van der Waals surface area contributed by atoms with E-state index in [1.54, 1.807) is 19.1 Å². The average Bonchev–Trinajstić information content (AvgIpc) is 2.45. The van der Waals surface area contributed by atoms with E-state index < -0.39 is 5.79 Å². The second-order valence-electron chi connectivity index (χ2n) is 4.81. The predicted octanol–water partition coefficient (Wildman–Crippen LogP) is 1.89. The molecule has 0 radical (unpaired) electrons. The lowest BCUT2D eigenvalue weighted by molar-refractivity contribution is -0.193. The zero-order valence-corrected chi connectivity index (χ0v) is 10.7. The number of carbonyl (C=O) groups excluding carboxylic acids is 2. The molecule has 98 valence electrons. The van der Waals surface area contributed by atoms with Gasteiger partial charge in [-0.1, -0.05) is 0 Å². The van der Waals surface area contributed by atoms with Crippen molar-refractivity contribution in [2.75, 3.05) is 7.11 Å². The van der Waals surface area contributed by atoms with Crippen LogP contribution in [-0.4, -0.2) is 29.4 Å². The highest BCUT2D eigenvalue weighted by molar-refractivity contribution is 6.25. The molecule has 0 fully saturated rings. The molecule has 0 saturated carbocycles. The van der Waals surface area contributed by atoms with E-state index in [1.807, 2.05) is 0 Å². The number of Topliss-reactive ketones (excluding diaryl/α,β-unsaturated/α-hetero) is 2. The zero-order valence-electron chi connectivity index (χ0n) is 10.7. The van der Waals surface area contributed by atoms with Crippen molar-refractivity contribution < 1.29 is 19.1 Å². The number of carbonyl (C=O) groups is 2. The van der Waals surface area contributed by atoms with Crippen LogP contribution in [0.3, 0.4) is 0 Å². The van der Waals surface area contributed by atoms with Crippen molar-refractivity contribution >= 4 is 11.6 Å². The van der Waals surface area contributed by atoms with Crippen LogP contribution in [0.5, 0.6) is 0 Å². The molecule has 0 spiro atoms. The van der Waals surface area contributed by atoms with Crippen molar-refractivity contribution in [1.29, 1.82) is 0 Å². The number of ether oxygens (including phenoxy) is 2. The summed E-state index contributed by atoms with van der Waals surface area (Å²) in [5.41, 5.74) is 0.947. The van der Waals surface area contributed by atoms with Gasteiger partial charge in [0, 0.05) is 32.2 Å². The van der Waals surface area contributed by atoms with Gasteiger partial charge in [-0.15, -0.1) is 0 Å². The van der Waals surface area contributed by atoms with Gasteiger partial charge in [-0.3, -0.25) is 14.6 Å². The Balaban J connectivity index is 2.11. The molecule has 5 heteroatoms. The van der Waals surface area contributed by atoms with Crippen molar-refractivity contribution in [2.45, 2.75) is 25.6 Å². The summed E-state index contributed by atoms with van der Waals surface area (Å²) in [7, 11) is 1.52. The molecule has 5 nitrogen and oxygen atoms in total. The third-order valence-corrected chi connectivity index (χ3v) is 3.60. The quantitative estimate of drug-likeness (QED) is 0.770. The fraction of sp³-hybridized carbons (Fsp3) is 0.357. The van der Waals surface area contributed by atoms with E-state index in [0.717, 1.165) is 0 Å². The minimum absolute atomic E-state index is 0.0896. The van der Waals surface area contributed by atoms with Crippen molar-refractivity contribution in [1.82, 2.24) is 4.98 Å². The number of fused-ring (bicyclic) bond motifs is 1. The van der Waals surface area contributed by atoms with E-state index in [9.17, 15) is 9.59 Å². The number of hydrogen-bond acceptors (Lipinski definition) is 5. The fourth-order valence-corrected chi connectivity index (χ4v) is 2.38. The molecule has 1 aromatic rings. The van der Waals surface area contributed by atoms with Gasteiger partial charge >= 0.3 is 0 Å². The Hall–Kier alpha value is -2.01. The standard InChI is InChI=1S/C14H13NO4/c1-14(18-2)6-5-9-11(16)8-4-3-7-15-10(8)12(17)13(9)19-14/h3-4,7H,5-6H2,1-2H3. The number of methoxy groups -OCH3 is 1. The lowest BCUT2D eigenvalue weighted by Gasteiger charge is -2.36. The zero-order chi connectivity index (χ0) is 13.6. The third kappa shape index (κ3) is 1.69. The monoisotopic (exact) mass is 259 g/mol. The topological polar surface area (TPSA) is 65.5 Å². The molecule has 0 bridgehead atoms. The van der Waals surface area contributed by atoms with Gasteiger partial charge in [-0.2, -0.15) is 0 Å². The van der Waals surface area contributed by atoms with Crippen LogP contribution in [0.2, 0.25) is 0 Å². The molecular weight excluding hydrogens is 246 g/mol. The number of allylic oxidation sites excluding steroid dienone is 2. The van der Waals surface area contributed by atoms with Crippen molar-refractivity contribution in [2.24, 2.45) is 0 Å². The highest BCUT2D eigenvalue weighted by atomic mass is 16.7. The molecule has 19 heavy (non-hydrogen) atoms. The van der Waals surface area contributed by atoms with Gasteiger partial charge in [0.1, 0.15) is 5.69 Å². The minimum atomic E-state index is -0.860. The minimum Gasteiger partial charge on any atom is -0.458 e. The summed E-state index contributed by atoms with van der Waals surface area (Å²) in [6.45, 7) is 1.75. The Labute approximate surface area is 110 Å². The molecule has 0 amide bonds. The Morgan fingerprint density at radius 3 is 2.89 bits per heavy atom. The maximum absolute atomic E-state index is 12.3. The maximum atomic E-state index is 12.3. The first-order valence-corrected chi connectivity index (χ1v) is 6.07.